The van der Waals surface area contributed by atoms with Crippen LogP contribution in [0.5, 0.6) is 0 Å². The monoisotopic (exact) mass is 279 g/mol. The van der Waals surface area contributed by atoms with E-state index in [0.29, 0.717) is 16.9 Å². The van der Waals surface area contributed by atoms with Gasteiger partial charge in [-0.15, -0.1) is 0 Å². The van der Waals surface area contributed by atoms with Crippen LogP contribution < -0.4 is 17.0 Å². The lowest BCUT2D eigenvalue weighted by molar-refractivity contribution is 0.112. The standard InChI is InChI=1S/C15H13N5O/c16-15-18-13-6-5-11(7-12(13)14(19-15)20-17)10-3-1-9(8-21)2-4-10/h1-8H,17H2,(H3,16,18,19,20). The Morgan fingerprint density at radius 2 is 1.71 bits per heavy atom. The van der Waals surface area contributed by atoms with Crippen LogP contribution in [0.15, 0.2) is 42.5 Å². The fourth-order valence-electron chi connectivity index (χ4n) is 2.19. The third-order valence-corrected chi connectivity index (χ3v) is 3.23. The molecule has 0 bridgehead atoms. The summed E-state index contributed by atoms with van der Waals surface area (Å²) < 4.78 is 0. The molecule has 0 atom stereocenters. The fourth-order valence-corrected chi connectivity index (χ4v) is 2.19. The van der Waals surface area contributed by atoms with Crippen LogP contribution in [0.1, 0.15) is 10.4 Å². The maximum absolute atomic E-state index is 10.7. The molecule has 21 heavy (non-hydrogen) atoms. The van der Waals surface area contributed by atoms with Gasteiger partial charge in [-0.25, -0.2) is 10.8 Å². The molecule has 0 aliphatic rings. The summed E-state index contributed by atoms with van der Waals surface area (Å²) in [4.78, 5) is 18.9. The van der Waals surface area contributed by atoms with Gasteiger partial charge in [-0.1, -0.05) is 30.3 Å². The second-order valence-corrected chi connectivity index (χ2v) is 4.55. The van der Waals surface area contributed by atoms with Crippen LogP contribution in [-0.4, -0.2) is 16.3 Å². The van der Waals surface area contributed by atoms with Gasteiger partial charge in [0, 0.05) is 10.9 Å². The van der Waals surface area contributed by atoms with Gasteiger partial charge in [-0.05, 0) is 23.3 Å². The summed E-state index contributed by atoms with van der Waals surface area (Å²) in [5, 5.41) is 0.781. The Balaban J connectivity index is 2.15. The molecule has 104 valence electrons. The highest BCUT2D eigenvalue weighted by atomic mass is 16.1. The molecule has 0 amide bonds. The molecule has 0 radical (unpaired) electrons. The molecule has 5 N–H and O–H groups in total. The van der Waals surface area contributed by atoms with Gasteiger partial charge in [0.05, 0.1) is 5.52 Å². The SMILES string of the molecule is NNc1nc(N)nc2ccc(-c3ccc(C=O)cc3)cc12. The van der Waals surface area contributed by atoms with Gasteiger partial charge in [0.15, 0.2) is 5.82 Å². The van der Waals surface area contributed by atoms with Crippen molar-refractivity contribution in [2.75, 3.05) is 11.2 Å². The van der Waals surface area contributed by atoms with E-state index in [-0.39, 0.29) is 5.95 Å². The first kappa shape index (κ1) is 13.0. The molecule has 3 rings (SSSR count). The summed E-state index contributed by atoms with van der Waals surface area (Å²) in [6, 6.07) is 13.0. The number of aldehydes is 1. The molecule has 0 saturated heterocycles. The number of fused-ring (bicyclic) bond motifs is 1. The first-order valence-corrected chi connectivity index (χ1v) is 6.31. The number of benzene rings is 2. The van der Waals surface area contributed by atoms with Crippen LogP contribution in [-0.2, 0) is 0 Å². The minimum absolute atomic E-state index is 0.165. The van der Waals surface area contributed by atoms with Gasteiger partial charge in [0.1, 0.15) is 6.29 Å². The largest absolute Gasteiger partial charge is 0.368 e. The topological polar surface area (TPSA) is 107 Å². The summed E-state index contributed by atoms with van der Waals surface area (Å²) in [6.45, 7) is 0. The number of anilines is 2. The van der Waals surface area contributed by atoms with Crippen molar-refractivity contribution in [2.24, 2.45) is 5.84 Å². The molecule has 0 aliphatic carbocycles. The maximum atomic E-state index is 10.7. The first-order chi connectivity index (χ1) is 10.2. The first-order valence-electron chi connectivity index (χ1n) is 6.31. The van der Waals surface area contributed by atoms with E-state index in [1.807, 2.05) is 30.3 Å². The number of carbonyl (C=O) groups excluding carboxylic acids is 1. The lowest BCUT2D eigenvalue weighted by Gasteiger charge is -2.08. The van der Waals surface area contributed by atoms with Crippen molar-refractivity contribution in [1.29, 1.82) is 0 Å². The van der Waals surface area contributed by atoms with Crippen molar-refractivity contribution in [3.8, 4) is 11.1 Å². The van der Waals surface area contributed by atoms with E-state index in [1.54, 1.807) is 12.1 Å². The van der Waals surface area contributed by atoms with Crippen molar-refractivity contribution in [3.05, 3.63) is 48.0 Å². The second-order valence-electron chi connectivity index (χ2n) is 4.55. The highest BCUT2D eigenvalue weighted by Gasteiger charge is 2.07. The molecular weight excluding hydrogens is 266 g/mol. The molecule has 1 aromatic heterocycles. The fraction of sp³-hybridized carbons (Fsp3) is 0. The molecule has 0 saturated carbocycles. The van der Waals surface area contributed by atoms with E-state index in [0.717, 1.165) is 22.8 Å². The zero-order valence-corrected chi connectivity index (χ0v) is 11.1. The number of hydrogen-bond acceptors (Lipinski definition) is 6. The highest BCUT2D eigenvalue weighted by molar-refractivity contribution is 5.93. The number of nitrogens with two attached hydrogens (primary N) is 2. The minimum Gasteiger partial charge on any atom is -0.368 e. The Morgan fingerprint density at radius 1 is 1.00 bits per heavy atom. The van der Waals surface area contributed by atoms with Crippen molar-refractivity contribution < 1.29 is 4.79 Å². The third-order valence-electron chi connectivity index (χ3n) is 3.23. The van der Waals surface area contributed by atoms with E-state index in [4.69, 9.17) is 11.6 Å². The summed E-state index contributed by atoms with van der Waals surface area (Å²) >= 11 is 0. The molecule has 6 nitrogen and oxygen atoms in total. The summed E-state index contributed by atoms with van der Waals surface area (Å²) in [6.07, 6.45) is 0.817. The van der Waals surface area contributed by atoms with E-state index in [1.165, 1.54) is 0 Å². The summed E-state index contributed by atoms with van der Waals surface area (Å²) in [5.74, 6) is 6.12. The number of rotatable bonds is 3. The Kier molecular flexibility index (Phi) is 3.21. The lowest BCUT2D eigenvalue weighted by Crippen LogP contribution is -2.11. The molecule has 0 unspecified atom stereocenters. The summed E-state index contributed by atoms with van der Waals surface area (Å²) in [7, 11) is 0. The van der Waals surface area contributed by atoms with Gasteiger partial charge in [0.25, 0.3) is 0 Å². The molecule has 0 fully saturated rings. The smallest absolute Gasteiger partial charge is 0.222 e. The van der Waals surface area contributed by atoms with Crippen molar-refractivity contribution in [1.82, 2.24) is 9.97 Å². The van der Waals surface area contributed by atoms with Gasteiger partial charge in [-0.2, -0.15) is 4.98 Å². The predicted molar refractivity (Wildman–Crippen MR) is 82.6 cm³/mol. The molecule has 0 spiro atoms. The van der Waals surface area contributed by atoms with E-state index in [9.17, 15) is 4.79 Å². The molecule has 2 aromatic carbocycles. The quantitative estimate of drug-likeness (QED) is 0.384. The minimum atomic E-state index is 0.165. The normalized spacial score (nSPS) is 10.5. The second kappa shape index (κ2) is 5.18. The van der Waals surface area contributed by atoms with Gasteiger partial charge >= 0.3 is 0 Å². The Hall–Kier alpha value is -2.99. The number of nitrogens with one attached hydrogen (secondary N) is 1. The van der Waals surface area contributed by atoms with Gasteiger partial charge in [0.2, 0.25) is 5.95 Å². The highest BCUT2D eigenvalue weighted by Crippen LogP contribution is 2.27. The molecule has 6 heteroatoms. The van der Waals surface area contributed by atoms with Gasteiger partial charge < -0.3 is 11.2 Å². The Bertz CT molecular complexity index is 814. The van der Waals surface area contributed by atoms with Crippen LogP contribution in [0.25, 0.3) is 22.0 Å². The van der Waals surface area contributed by atoms with Crippen molar-refractivity contribution in [3.63, 3.8) is 0 Å². The average Bonchev–Trinajstić information content (AvgIpc) is 2.53. The van der Waals surface area contributed by atoms with Crippen LogP contribution in [0.2, 0.25) is 0 Å². The van der Waals surface area contributed by atoms with Crippen LogP contribution in [0.4, 0.5) is 11.8 Å². The van der Waals surface area contributed by atoms with E-state index < -0.39 is 0 Å². The number of hydrogen-bond donors (Lipinski definition) is 3. The lowest BCUT2D eigenvalue weighted by atomic mass is 10.0. The Labute approximate surface area is 120 Å². The van der Waals surface area contributed by atoms with E-state index in [2.05, 4.69) is 15.4 Å². The van der Waals surface area contributed by atoms with Crippen LogP contribution in [0, 0.1) is 0 Å². The molecular formula is C15H13N5O. The number of hydrazine groups is 1. The molecule has 1 heterocycles. The predicted octanol–water partition coefficient (Wildman–Crippen LogP) is 1.98. The number of nitrogens with zero attached hydrogens (tertiary/aromatic N) is 2. The zero-order valence-electron chi connectivity index (χ0n) is 11.1. The molecule has 0 aliphatic heterocycles. The molecule has 3 aromatic rings. The Morgan fingerprint density at radius 3 is 2.38 bits per heavy atom. The van der Waals surface area contributed by atoms with E-state index >= 15 is 0 Å². The number of nitrogen functional groups attached to an aromatic ring is 2. The van der Waals surface area contributed by atoms with Crippen LogP contribution >= 0.6 is 0 Å². The number of aromatic nitrogens is 2. The zero-order chi connectivity index (χ0) is 14.8. The third kappa shape index (κ3) is 2.39. The van der Waals surface area contributed by atoms with Gasteiger partial charge in [-0.3, -0.25) is 4.79 Å². The van der Waals surface area contributed by atoms with Crippen molar-refractivity contribution in [2.45, 2.75) is 0 Å². The number of carbonyl (C=O) groups is 1. The van der Waals surface area contributed by atoms with Crippen LogP contribution in [0.3, 0.4) is 0 Å². The van der Waals surface area contributed by atoms with Crippen molar-refractivity contribution >= 4 is 29.0 Å². The summed E-state index contributed by atoms with van der Waals surface area (Å²) in [5.41, 5.74) is 11.5. The maximum Gasteiger partial charge on any atom is 0.222 e. The average molecular weight is 279 g/mol.